The van der Waals surface area contributed by atoms with Crippen LogP contribution in [0.5, 0.6) is 5.75 Å². The van der Waals surface area contributed by atoms with Gasteiger partial charge in [-0.05, 0) is 67.6 Å². The Morgan fingerprint density at radius 2 is 1.52 bits per heavy atom. The maximum absolute atomic E-state index is 12.7. The van der Waals surface area contributed by atoms with Crippen molar-refractivity contribution in [1.29, 1.82) is 0 Å². The van der Waals surface area contributed by atoms with Crippen molar-refractivity contribution in [2.24, 2.45) is 0 Å². The molecule has 0 saturated heterocycles. The zero-order valence-corrected chi connectivity index (χ0v) is 19.1. The molecule has 0 atom stereocenters. The van der Waals surface area contributed by atoms with E-state index < -0.39 is 15.9 Å². The Morgan fingerprint density at radius 1 is 0.879 bits per heavy atom. The SMILES string of the molecule is CCOc1ccc(NS(=O)(=O)c2ccc(C(=O)N(C)CC(=O)Nc3ccccc3)cc2)cc1. The molecule has 0 aliphatic carbocycles. The number of hydrogen-bond acceptors (Lipinski definition) is 5. The lowest BCUT2D eigenvalue weighted by Crippen LogP contribution is -2.34. The van der Waals surface area contributed by atoms with Crippen LogP contribution in [0.2, 0.25) is 0 Å². The molecule has 0 heterocycles. The van der Waals surface area contributed by atoms with Crippen LogP contribution in [0.15, 0.2) is 83.8 Å². The third-order valence-corrected chi connectivity index (χ3v) is 6.01. The quantitative estimate of drug-likeness (QED) is 0.500. The number of anilines is 2. The molecule has 9 heteroatoms. The molecule has 0 bridgehead atoms. The van der Waals surface area contributed by atoms with Gasteiger partial charge < -0.3 is 15.0 Å². The number of likely N-dealkylation sites (N-methyl/N-ethyl adjacent to an activating group) is 1. The highest BCUT2D eigenvalue weighted by atomic mass is 32.2. The largest absolute Gasteiger partial charge is 0.494 e. The molecule has 3 rings (SSSR count). The number of sulfonamides is 1. The Labute approximate surface area is 193 Å². The van der Waals surface area contributed by atoms with Crippen LogP contribution in [-0.2, 0) is 14.8 Å². The maximum Gasteiger partial charge on any atom is 0.261 e. The molecule has 2 amide bonds. The van der Waals surface area contributed by atoms with Crippen LogP contribution < -0.4 is 14.8 Å². The van der Waals surface area contributed by atoms with Crippen LogP contribution >= 0.6 is 0 Å². The molecule has 3 aromatic rings. The van der Waals surface area contributed by atoms with E-state index >= 15 is 0 Å². The minimum absolute atomic E-state index is 0.0115. The van der Waals surface area contributed by atoms with Gasteiger partial charge in [-0.1, -0.05) is 18.2 Å². The lowest BCUT2D eigenvalue weighted by atomic mass is 10.2. The molecule has 0 spiro atoms. The molecule has 172 valence electrons. The van der Waals surface area contributed by atoms with E-state index in [1.165, 1.54) is 36.2 Å². The summed E-state index contributed by atoms with van der Waals surface area (Å²) in [6, 6.07) is 21.0. The second-order valence-corrected chi connectivity index (χ2v) is 8.85. The predicted molar refractivity (Wildman–Crippen MR) is 127 cm³/mol. The summed E-state index contributed by atoms with van der Waals surface area (Å²) < 4.78 is 33.2. The molecule has 0 aromatic heterocycles. The first-order chi connectivity index (χ1) is 15.8. The van der Waals surface area contributed by atoms with Crippen LogP contribution in [0.25, 0.3) is 0 Å². The fraction of sp³-hybridized carbons (Fsp3) is 0.167. The molecule has 3 aromatic carbocycles. The number of para-hydroxylation sites is 1. The van der Waals surface area contributed by atoms with Crippen molar-refractivity contribution in [3.63, 3.8) is 0 Å². The van der Waals surface area contributed by atoms with Gasteiger partial charge >= 0.3 is 0 Å². The standard InChI is InChI=1S/C24H25N3O5S/c1-3-32-21-13-11-20(12-14-21)26-33(30,31)22-15-9-18(10-16-22)24(29)27(2)17-23(28)25-19-7-5-4-6-8-19/h4-16,26H,3,17H2,1-2H3,(H,25,28). The highest BCUT2D eigenvalue weighted by Crippen LogP contribution is 2.20. The van der Waals surface area contributed by atoms with Crippen molar-refractivity contribution in [3.8, 4) is 5.75 Å². The van der Waals surface area contributed by atoms with E-state index in [2.05, 4.69) is 10.0 Å². The van der Waals surface area contributed by atoms with E-state index in [0.29, 0.717) is 23.7 Å². The van der Waals surface area contributed by atoms with Crippen molar-refractivity contribution in [2.45, 2.75) is 11.8 Å². The Kier molecular flexibility index (Phi) is 7.68. The smallest absolute Gasteiger partial charge is 0.261 e. The number of carbonyl (C=O) groups is 2. The summed E-state index contributed by atoms with van der Waals surface area (Å²) in [6.45, 7) is 2.23. The zero-order valence-electron chi connectivity index (χ0n) is 18.3. The van der Waals surface area contributed by atoms with Crippen molar-refractivity contribution in [3.05, 3.63) is 84.4 Å². The van der Waals surface area contributed by atoms with Crippen LogP contribution in [0.4, 0.5) is 11.4 Å². The average molecular weight is 468 g/mol. The van der Waals surface area contributed by atoms with E-state index in [1.54, 1.807) is 48.5 Å². The molecule has 0 fully saturated rings. The molecule has 0 radical (unpaired) electrons. The lowest BCUT2D eigenvalue weighted by Gasteiger charge is -2.17. The Balaban J connectivity index is 1.61. The molecule has 0 aliphatic heterocycles. The summed E-state index contributed by atoms with van der Waals surface area (Å²) in [5.74, 6) is -0.0951. The lowest BCUT2D eigenvalue weighted by molar-refractivity contribution is -0.116. The van der Waals surface area contributed by atoms with E-state index in [-0.39, 0.29) is 22.9 Å². The third kappa shape index (κ3) is 6.56. The Morgan fingerprint density at radius 3 is 2.12 bits per heavy atom. The number of hydrogen-bond donors (Lipinski definition) is 2. The first kappa shape index (κ1) is 23.8. The summed E-state index contributed by atoms with van der Waals surface area (Å²) in [6.07, 6.45) is 0. The van der Waals surface area contributed by atoms with E-state index in [0.717, 1.165) is 0 Å². The van der Waals surface area contributed by atoms with Gasteiger partial charge in [0.05, 0.1) is 18.0 Å². The minimum Gasteiger partial charge on any atom is -0.494 e. The number of carbonyl (C=O) groups excluding carboxylic acids is 2. The van der Waals surface area contributed by atoms with Crippen LogP contribution in [-0.4, -0.2) is 45.3 Å². The number of nitrogens with zero attached hydrogens (tertiary/aromatic N) is 1. The van der Waals surface area contributed by atoms with E-state index in [9.17, 15) is 18.0 Å². The molecule has 2 N–H and O–H groups in total. The highest BCUT2D eigenvalue weighted by Gasteiger charge is 2.18. The molecule has 8 nitrogen and oxygen atoms in total. The van der Waals surface area contributed by atoms with Crippen LogP contribution in [0, 0.1) is 0 Å². The fourth-order valence-corrected chi connectivity index (χ4v) is 4.06. The Bertz CT molecular complexity index is 1200. The van der Waals surface area contributed by atoms with Gasteiger partial charge in [-0.25, -0.2) is 8.42 Å². The minimum atomic E-state index is -3.83. The van der Waals surface area contributed by atoms with E-state index in [4.69, 9.17) is 4.74 Å². The molecule has 0 aliphatic rings. The van der Waals surface area contributed by atoms with Crippen LogP contribution in [0.3, 0.4) is 0 Å². The van der Waals surface area contributed by atoms with Gasteiger partial charge in [0.1, 0.15) is 5.75 Å². The Hall–Kier alpha value is -3.85. The summed E-state index contributed by atoms with van der Waals surface area (Å²) in [5, 5.41) is 2.71. The predicted octanol–water partition coefficient (Wildman–Crippen LogP) is 3.60. The second-order valence-electron chi connectivity index (χ2n) is 7.16. The first-order valence-corrected chi connectivity index (χ1v) is 11.7. The number of ether oxygens (including phenoxy) is 1. The molecular weight excluding hydrogens is 442 g/mol. The van der Waals surface area contributed by atoms with Crippen LogP contribution in [0.1, 0.15) is 17.3 Å². The van der Waals surface area contributed by atoms with Crippen molar-refractivity contribution < 1.29 is 22.7 Å². The van der Waals surface area contributed by atoms with Gasteiger partial charge in [-0.15, -0.1) is 0 Å². The van der Waals surface area contributed by atoms with Gasteiger partial charge in [0, 0.05) is 24.0 Å². The maximum atomic E-state index is 12.7. The van der Waals surface area contributed by atoms with Gasteiger partial charge in [0.25, 0.3) is 15.9 Å². The summed E-state index contributed by atoms with van der Waals surface area (Å²) in [7, 11) is -2.33. The van der Waals surface area contributed by atoms with Gasteiger partial charge in [0.2, 0.25) is 5.91 Å². The average Bonchev–Trinajstić information content (AvgIpc) is 2.80. The van der Waals surface area contributed by atoms with Gasteiger partial charge in [-0.3, -0.25) is 14.3 Å². The third-order valence-electron chi connectivity index (χ3n) is 4.61. The zero-order chi connectivity index (χ0) is 23.8. The van der Waals surface area contributed by atoms with Gasteiger partial charge in [0.15, 0.2) is 0 Å². The normalized spacial score (nSPS) is 10.8. The highest BCUT2D eigenvalue weighted by molar-refractivity contribution is 7.92. The number of nitrogens with one attached hydrogen (secondary N) is 2. The topological polar surface area (TPSA) is 105 Å². The van der Waals surface area contributed by atoms with E-state index in [1.807, 2.05) is 13.0 Å². The second kappa shape index (κ2) is 10.6. The monoisotopic (exact) mass is 467 g/mol. The number of amides is 2. The number of benzene rings is 3. The molecular formula is C24H25N3O5S. The fourth-order valence-electron chi connectivity index (χ4n) is 3.01. The number of rotatable bonds is 9. The van der Waals surface area contributed by atoms with Crippen molar-refractivity contribution in [2.75, 3.05) is 30.2 Å². The summed E-state index contributed by atoms with van der Waals surface area (Å²) >= 11 is 0. The molecule has 33 heavy (non-hydrogen) atoms. The van der Waals surface area contributed by atoms with Gasteiger partial charge in [-0.2, -0.15) is 0 Å². The molecule has 0 saturated carbocycles. The first-order valence-electron chi connectivity index (χ1n) is 10.2. The molecule has 0 unspecified atom stereocenters. The summed E-state index contributed by atoms with van der Waals surface area (Å²) in [5.41, 5.74) is 1.30. The van der Waals surface area contributed by atoms with Crippen molar-refractivity contribution >= 4 is 33.2 Å². The van der Waals surface area contributed by atoms with Crippen molar-refractivity contribution in [1.82, 2.24) is 4.90 Å². The summed E-state index contributed by atoms with van der Waals surface area (Å²) in [4.78, 5) is 26.1.